The quantitative estimate of drug-likeness (QED) is 0.701. The predicted octanol–water partition coefficient (Wildman–Crippen LogP) is 4.10. The van der Waals surface area contributed by atoms with Crippen LogP contribution in [0.2, 0.25) is 0 Å². The summed E-state index contributed by atoms with van der Waals surface area (Å²) in [5.74, 6) is -0.579. The van der Waals surface area contributed by atoms with Crippen molar-refractivity contribution < 1.29 is 9.59 Å². The van der Waals surface area contributed by atoms with Gasteiger partial charge in [-0.1, -0.05) is 35.9 Å². The van der Waals surface area contributed by atoms with Crippen molar-refractivity contribution in [2.75, 3.05) is 11.9 Å². The zero-order valence-corrected chi connectivity index (χ0v) is 16.3. The van der Waals surface area contributed by atoms with Crippen molar-refractivity contribution in [3.05, 3.63) is 70.1 Å². The highest BCUT2D eigenvalue weighted by atomic mass is 32.1. The Bertz CT molecular complexity index is 977. The molecule has 27 heavy (non-hydrogen) atoms. The van der Waals surface area contributed by atoms with Gasteiger partial charge in [-0.15, -0.1) is 11.3 Å². The number of carbonyl (C=O) groups is 2. The molecule has 0 aliphatic heterocycles. The summed E-state index contributed by atoms with van der Waals surface area (Å²) < 4.78 is 0. The summed E-state index contributed by atoms with van der Waals surface area (Å²) in [6.45, 7) is 5.87. The number of carbonyl (C=O) groups excluding carboxylic acids is 2. The lowest BCUT2D eigenvalue weighted by atomic mass is 10.1. The van der Waals surface area contributed by atoms with E-state index in [2.05, 4.69) is 15.6 Å². The van der Waals surface area contributed by atoms with Crippen molar-refractivity contribution >= 4 is 28.3 Å². The number of anilines is 1. The third-order valence-electron chi connectivity index (χ3n) is 4.28. The maximum Gasteiger partial charge on any atom is 0.251 e. The number of rotatable bonds is 5. The normalized spacial score (nSPS) is 10.5. The molecule has 1 aromatic heterocycles. The molecule has 0 radical (unpaired) electrons. The lowest BCUT2D eigenvalue weighted by Gasteiger charge is -2.07. The minimum absolute atomic E-state index is 0.106. The van der Waals surface area contributed by atoms with Crippen molar-refractivity contribution in [2.45, 2.75) is 20.8 Å². The zero-order chi connectivity index (χ0) is 19.4. The van der Waals surface area contributed by atoms with Gasteiger partial charge in [-0.3, -0.25) is 9.59 Å². The van der Waals surface area contributed by atoms with Crippen molar-refractivity contribution in [3.63, 3.8) is 0 Å². The van der Waals surface area contributed by atoms with Crippen LogP contribution < -0.4 is 10.6 Å². The first-order chi connectivity index (χ1) is 12.9. The molecule has 0 spiro atoms. The molecule has 0 atom stereocenters. The van der Waals surface area contributed by atoms with Crippen LogP contribution in [0.25, 0.3) is 11.3 Å². The van der Waals surface area contributed by atoms with Gasteiger partial charge in [-0.2, -0.15) is 0 Å². The molecular formula is C21H21N3O2S. The molecule has 6 heteroatoms. The molecule has 0 unspecified atom stereocenters. The van der Waals surface area contributed by atoms with Gasteiger partial charge in [0.1, 0.15) is 0 Å². The largest absolute Gasteiger partial charge is 0.343 e. The van der Waals surface area contributed by atoms with E-state index in [1.807, 2.05) is 62.5 Å². The lowest BCUT2D eigenvalue weighted by molar-refractivity contribution is -0.115. The summed E-state index contributed by atoms with van der Waals surface area (Å²) in [6, 6.07) is 13.5. The highest BCUT2D eigenvalue weighted by molar-refractivity contribution is 7.14. The number of hydrogen-bond acceptors (Lipinski definition) is 4. The summed E-state index contributed by atoms with van der Waals surface area (Å²) in [6.07, 6.45) is 0. The summed E-state index contributed by atoms with van der Waals surface area (Å²) in [4.78, 5) is 28.7. The second kappa shape index (κ2) is 8.14. The average molecular weight is 379 g/mol. The zero-order valence-electron chi connectivity index (χ0n) is 15.5. The molecule has 2 amide bonds. The lowest BCUT2D eigenvalue weighted by Crippen LogP contribution is -2.32. The van der Waals surface area contributed by atoms with Gasteiger partial charge in [0, 0.05) is 16.5 Å². The number of benzene rings is 2. The summed E-state index contributed by atoms with van der Waals surface area (Å²) in [5, 5.41) is 7.77. The Balaban J connectivity index is 1.55. The Morgan fingerprint density at radius 3 is 2.44 bits per heavy atom. The fraction of sp³-hybridized carbons (Fsp3) is 0.190. The van der Waals surface area contributed by atoms with Crippen molar-refractivity contribution in [2.24, 2.45) is 0 Å². The van der Waals surface area contributed by atoms with Crippen molar-refractivity contribution in [1.82, 2.24) is 10.3 Å². The number of hydrogen-bond donors (Lipinski definition) is 2. The molecule has 138 valence electrons. The van der Waals surface area contributed by atoms with Gasteiger partial charge < -0.3 is 10.6 Å². The molecule has 0 bridgehead atoms. The molecule has 0 saturated carbocycles. The molecule has 2 aromatic carbocycles. The molecule has 3 rings (SSSR count). The van der Waals surface area contributed by atoms with Gasteiger partial charge in [-0.05, 0) is 44.0 Å². The van der Waals surface area contributed by atoms with Crippen LogP contribution >= 0.6 is 11.3 Å². The van der Waals surface area contributed by atoms with Gasteiger partial charge >= 0.3 is 0 Å². The minimum atomic E-state index is -0.308. The SMILES string of the molecule is Cc1ccc(-c2csc(NC(=O)CNC(=O)c3ccc(C)c(C)c3)n2)cc1. The number of aromatic nitrogens is 1. The van der Waals surface area contributed by atoms with Crippen LogP contribution in [0.5, 0.6) is 0 Å². The van der Waals surface area contributed by atoms with Gasteiger partial charge in [0.15, 0.2) is 5.13 Å². The van der Waals surface area contributed by atoms with Gasteiger partial charge in [0.05, 0.1) is 12.2 Å². The Hall–Kier alpha value is -2.99. The Morgan fingerprint density at radius 2 is 1.74 bits per heavy atom. The number of amides is 2. The van der Waals surface area contributed by atoms with Crippen LogP contribution in [-0.2, 0) is 4.79 Å². The second-order valence-corrected chi connectivity index (χ2v) is 7.29. The maximum atomic E-state index is 12.2. The van der Waals surface area contributed by atoms with E-state index >= 15 is 0 Å². The first-order valence-corrected chi connectivity index (χ1v) is 9.48. The first kappa shape index (κ1) is 18.8. The summed E-state index contributed by atoms with van der Waals surface area (Å²) >= 11 is 1.36. The smallest absolute Gasteiger partial charge is 0.251 e. The van der Waals surface area contributed by atoms with E-state index in [0.717, 1.165) is 22.4 Å². The average Bonchev–Trinajstić information content (AvgIpc) is 3.11. The van der Waals surface area contributed by atoms with Crippen LogP contribution in [0, 0.1) is 20.8 Å². The van der Waals surface area contributed by atoms with Crippen LogP contribution in [0.3, 0.4) is 0 Å². The van der Waals surface area contributed by atoms with E-state index in [1.165, 1.54) is 16.9 Å². The van der Waals surface area contributed by atoms with E-state index in [4.69, 9.17) is 0 Å². The van der Waals surface area contributed by atoms with E-state index in [9.17, 15) is 9.59 Å². The Kier molecular flexibility index (Phi) is 5.66. The monoisotopic (exact) mass is 379 g/mol. The van der Waals surface area contributed by atoms with Crippen LogP contribution in [-0.4, -0.2) is 23.3 Å². The van der Waals surface area contributed by atoms with E-state index in [1.54, 1.807) is 6.07 Å². The Labute approximate surface area is 162 Å². The summed E-state index contributed by atoms with van der Waals surface area (Å²) in [7, 11) is 0. The second-order valence-electron chi connectivity index (χ2n) is 6.43. The fourth-order valence-electron chi connectivity index (χ4n) is 2.50. The van der Waals surface area contributed by atoms with Crippen molar-refractivity contribution in [1.29, 1.82) is 0 Å². The molecule has 3 aromatic rings. The predicted molar refractivity (Wildman–Crippen MR) is 109 cm³/mol. The molecule has 1 heterocycles. The van der Waals surface area contributed by atoms with E-state index in [-0.39, 0.29) is 18.4 Å². The molecule has 0 aliphatic carbocycles. The van der Waals surface area contributed by atoms with Crippen LogP contribution in [0.4, 0.5) is 5.13 Å². The van der Waals surface area contributed by atoms with Crippen LogP contribution in [0.15, 0.2) is 47.8 Å². The fourth-order valence-corrected chi connectivity index (χ4v) is 3.23. The third kappa shape index (κ3) is 4.80. The standard InChI is InChI=1S/C21H21N3O2S/c1-13-4-7-16(8-5-13)18-12-27-21(23-18)24-19(25)11-22-20(26)17-9-6-14(2)15(3)10-17/h4-10,12H,11H2,1-3H3,(H,22,26)(H,23,24,25). The minimum Gasteiger partial charge on any atom is -0.343 e. The topological polar surface area (TPSA) is 71.1 Å². The number of aryl methyl sites for hydroxylation is 3. The maximum absolute atomic E-state index is 12.2. The Morgan fingerprint density at radius 1 is 1.00 bits per heavy atom. The highest BCUT2D eigenvalue weighted by Crippen LogP contribution is 2.25. The molecular weight excluding hydrogens is 358 g/mol. The van der Waals surface area contributed by atoms with E-state index in [0.29, 0.717) is 10.7 Å². The van der Waals surface area contributed by atoms with E-state index < -0.39 is 0 Å². The number of nitrogens with zero attached hydrogens (tertiary/aromatic N) is 1. The van der Waals surface area contributed by atoms with Gasteiger partial charge in [0.25, 0.3) is 5.91 Å². The van der Waals surface area contributed by atoms with Gasteiger partial charge in [0.2, 0.25) is 5.91 Å². The summed E-state index contributed by atoms with van der Waals surface area (Å²) in [5.41, 5.74) is 5.70. The number of thiazole rings is 1. The molecule has 2 N–H and O–H groups in total. The van der Waals surface area contributed by atoms with Crippen molar-refractivity contribution in [3.8, 4) is 11.3 Å². The van der Waals surface area contributed by atoms with Gasteiger partial charge in [-0.25, -0.2) is 4.98 Å². The third-order valence-corrected chi connectivity index (χ3v) is 5.03. The first-order valence-electron chi connectivity index (χ1n) is 8.60. The molecule has 0 saturated heterocycles. The molecule has 0 fully saturated rings. The molecule has 0 aliphatic rings. The highest BCUT2D eigenvalue weighted by Gasteiger charge is 2.11. The number of nitrogens with one attached hydrogen (secondary N) is 2. The molecule has 5 nitrogen and oxygen atoms in total. The van der Waals surface area contributed by atoms with Crippen LogP contribution in [0.1, 0.15) is 27.0 Å².